The lowest BCUT2D eigenvalue weighted by Crippen LogP contribution is -2.54. The predicted molar refractivity (Wildman–Crippen MR) is 125 cm³/mol. The van der Waals surface area contributed by atoms with Gasteiger partial charge in [-0.05, 0) is 84.9 Å². The van der Waals surface area contributed by atoms with E-state index in [1.54, 1.807) is 0 Å². The van der Waals surface area contributed by atoms with E-state index in [0.717, 1.165) is 18.4 Å². The summed E-state index contributed by atoms with van der Waals surface area (Å²) in [7, 11) is 3.46. The summed E-state index contributed by atoms with van der Waals surface area (Å²) in [6.07, 6.45) is 1.15. The number of methoxy groups -OCH3 is 1. The molecule has 6 atom stereocenters. The maximum absolute atomic E-state index is 10.6. The molecule has 1 heterocycles. The van der Waals surface area contributed by atoms with Crippen molar-refractivity contribution in [3.63, 3.8) is 0 Å². The molecule has 6 nitrogen and oxygen atoms in total. The summed E-state index contributed by atoms with van der Waals surface area (Å²) in [6.45, 7) is 0. The van der Waals surface area contributed by atoms with Gasteiger partial charge in [-0.3, -0.25) is 0 Å². The van der Waals surface area contributed by atoms with Crippen molar-refractivity contribution < 1.29 is 24.8 Å². The predicted octanol–water partition coefficient (Wildman–Crippen LogP) is 2.88. The van der Waals surface area contributed by atoms with Crippen LogP contribution in [0.3, 0.4) is 0 Å². The van der Waals surface area contributed by atoms with Crippen LogP contribution >= 0.6 is 0 Å². The van der Waals surface area contributed by atoms with E-state index in [9.17, 15) is 15.3 Å². The molecule has 3 aliphatic rings. The Morgan fingerprint density at radius 3 is 2.48 bits per heavy atom. The third-order valence-electron chi connectivity index (χ3n) is 7.58. The summed E-state index contributed by atoms with van der Waals surface area (Å²) in [5, 5.41) is 34.5. The molecule has 0 aromatic heterocycles. The van der Waals surface area contributed by atoms with Crippen LogP contribution in [0.2, 0.25) is 0 Å². The van der Waals surface area contributed by atoms with Crippen LogP contribution in [-0.4, -0.2) is 54.1 Å². The average Bonchev–Trinajstić information content (AvgIpc) is 3.67. The van der Waals surface area contributed by atoms with Crippen LogP contribution < -0.4 is 5.32 Å². The highest BCUT2D eigenvalue weighted by atomic mass is 16.7. The highest BCUT2D eigenvalue weighted by Crippen LogP contribution is 2.44. The number of fused-ring (bicyclic) bond motifs is 1. The Hall–Kier alpha value is -1.80. The van der Waals surface area contributed by atoms with Crippen LogP contribution in [0, 0.1) is 0 Å². The van der Waals surface area contributed by atoms with E-state index in [4.69, 9.17) is 9.47 Å². The van der Waals surface area contributed by atoms with E-state index in [1.807, 2.05) is 13.1 Å². The molecule has 1 saturated carbocycles. The van der Waals surface area contributed by atoms with Gasteiger partial charge < -0.3 is 30.1 Å². The minimum atomic E-state index is -1.33. The second-order valence-corrected chi connectivity index (χ2v) is 9.81. The van der Waals surface area contributed by atoms with Gasteiger partial charge in [0.15, 0.2) is 6.29 Å². The minimum absolute atomic E-state index is 0.439. The Bertz CT molecular complexity index is 988. The Morgan fingerprint density at radius 2 is 1.76 bits per heavy atom. The minimum Gasteiger partial charge on any atom is -0.387 e. The fraction of sp³-hybridized carbons (Fsp3) is 0.556. The zero-order chi connectivity index (χ0) is 23.1. The lowest BCUT2D eigenvalue weighted by molar-refractivity contribution is -0.292. The molecule has 2 fully saturated rings. The molecule has 2 aromatic carbocycles. The molecule has 2 aliphatic carbocycles. The molecule has 178 valence electrons. The van der Waals surface area contributed by atoms with Crippen molar-refractivity contribution in [3.8, 4) is 0 Å². The standard InChI is InChI=1S/C27H35NO5/c1-28-22-5-3-4-17-12-15(6-10-21(17)22)13-19-14-18(9-11-20(19)16-7-8-16)26-24(30)23(29)25(31)27(32-2)33-26/h6,9-12,14,16,22-31H,3-5,7-8,13H2,1-2H3/t22?,23-,24-,25+,26+,27+/m1/s1. The van der Waals surface area contributed by atoms with Crippen LogP contribution in [0.5, 0.6) is 0 Å². The second kappa shape index (κ2) is 9.45. The van der Waals surface area contributed by atoms with Crippen molar-refractivity contribution >= 4 is 0 Å². The number of aliphatic hydroxyl groups excluding tert-OH is 3. The third kappa shape index (κ3) is 4.48. The Kier molecular flexibility index (Phi) is 6.58. The van der Waals surface area contributed by atoms with Gasteiger partial charge in [-0.15, -0.1) is 0 Å². The molecule has 33 heavy (non-hydrogen) atoms. The second-order valence-electron chi connectivity index (χ2n) is 9.81. The molecule has 0 bridgehead atoms. The maximum atomic E-state index is 10.6. The molecule has 2 aromatic rings. The van der Waals surface area contributed by atoms with Crippen LogP contribution in [0.4, 0.5) is 0 Å². The zero-order valence-electron chi connectivity index (χ0n) is 19.4. The summed E-state index contributed by atoms with van der Waals surface area (Å²) in [6, 6.07) is 13.5. The van der Waals surface area contributed by atoms with Gasteiger partial charge in [0.1, 0.15) is 24.4 Å². The lowest BCUT2D eigenvalue weighted by Gasteiger charge is -2.40. The summed E-state index contributed by atoms with van der Waals surface area (Å²) < 4.78 is 11.0. The lowest BCUT2D eigenvalue weighted by atomic mass is 9.85. The van der Waals surface area contributed by atoms with Crippen molar-refractivity contribution in [1.82, 2.24) is 5.32 Å². The van der Waals surface area contributed by atoms with E-state index in [2.05, 4.69) is 35.6 Å². The van der Waals surface area contributed by atoms with Crippen molar-refractivity contribution in [2.75, 3.05) is 14.2 Å². The number of benzene rings is 2. The van der Waals surface area contributed by atoms with Gasteiger partial charge in [0, 0.05) is 13.2 Å². The number of ether oxygens (including phenoxy) is 2. The fourth-order valence-electron chi connectivity index (χ4n) is 5.56. The summed E-state index contributed by atoms with van der Waals surface area (Å²) in [4.78, 5) is 0. The van der Waals surface area contributed by atoms with Gasteiger partial charge >= 0.3 is 0 Å². The first kappa shape index (κ1) is 23.0. The van der Waals surface area contributed by atoms with E-state index in [1.165, 1.54) is 60.6 Å². The molecule has 6 heteroatoms. The summed E-state index contributed by atoms with van der Waals surface area (Å²) >= 11 is 0. The van der Waals surface area contributed by atoms with E-state index < -0.39 is 30.7 Å². The molecular weight excluding hydrogens is 418 g/mol. The number of nitrogens with one attached hydrogen (secondary N) is 1. The normalized spacial score (nSPS) is 31.9. The number of hydrogen-bond donors (Lipinski definition) is 4. The van der Waals surface area contributed by atoms with E-state index in [-0.39, 0.29) is 0 Å². The van der Waals surface area contributed by atoms with Crippen LogP contribution in [0.1, 0.15) is 77.1 Å². The Labute approximate surface area is 195 Å². The van der Waals surface area contributed by atoms with Gasteiger partial charge in [-0.25, -0.2) is 0 Å². The molecular formula is C27H35NO5. The number of aryl methyl sites for hydroxylation is 1. The van der Waals surface area contributed by atoms with Crippen LogP contribution in [0.25, 0.3) is 0 Å². The molecule has 1 saturated heterocycles. The van der Waals surface area contributed by atoms with E-state index >= 15 is 0 Å². The third-order valence-corrected chi connectivity index (χ3v) is 7.58. The van der Waals surface area contributed by atoms with Crippen molar-refractivity contribution in [3.05, 3.63) is 69.8 Å². The molecule has 0 amide bonds. The highest BCUT2D eigenvalue weighted by molar-refractivity contribution is 5.43. The monoisotopic (exact) mass is 453 g/mol. The zero-order valence-corrected chi connectivity index (χ0v) is 19.4. The number of rotatable bonds is 6. The molecule has 4 N–H and O–H groups in total. The SMILES string of the molecule is CNC1CCCc2cc(Cc3cc([C@@H]4O[C@H](OC)[C@@H](O)[C@H](O)[C@H]4O)ccc3C3CC3)ccc21. The smallest absolute Gasteiger partial charge is 0.186 e. The summed E-state index contributed by atoms with van der Waals surface area (Å²) in [5.41, 5.74) is 7.54. The van der Waals surface area contributed by atoms with Crippen molar-refractivity contribution in [2.45, 2.75) is 81.2 Å². The highest BCUT2D eigenvalue weighted by Gasteiger charge is 2.44. The maximum Gasteiger partial charge on any atom is 0.186 e. The molecule has 0 spiro atoms. The largest absolute Gasteiger partial charge is 0.387 e. The van der Waals surface area contributed by atoms with Gasteiger partial charge in [-0.2, -0.15) is 0 Å². The van der Waals surface area contributed by atoms with Gasteiger partial charge in [-0.1, -0.05) is 36.4 Å². The van der Waals surface area contributed by atoms with Crippen molar-refractivity contribution in [1.29, 1.82) is 0 Å². The number of hydrogen-bond acceptors (Lipinski definition) is 6. The average molecular weight is 454 g/mol. The van der Waals surface area contributed by atoms with Gasteiger partial charge in [0.25, 0.3) is 0 Å². The molecule has 0 radical (unpaired) electrons. The molecule has 5 rings (SSSR count). The molecule has 1 unspecified atom stereocenters. The Balaban J connectivity index is 1.45. The molecule has 1 aliphatic heterocycles. The summed E-state index contributed by atoms with van der Waals surface area (Å²) in [5.74, 6) is 0.594. The topological polar surface area (TPSA) is 91.2 Å². The fourth-order valence-corrected chi connectivity index (χ4v) is 5.56. The van der Waals surface area contributed by atoms with Gasteiger partial charge in [0.05, 0.1) is 0 Å². The first-order valence-electron chi connectivity index (χ1n) is 12.1. The van der Waals surface area contributed by atoms with Crippen LogP contribution in [-0.2, 0) is 22.3 Å². The first-order valence-corrected chi connectivity index (χ1v) is 12.1. The number of aliphatic hydroxyl groups is 3. The first-order chi connectivity index (χ1) is 16.0. The quantitative estimate of drug-likeness (QED) is 0.538. The van der Waals surface area contributed by atoms with Crippen LogP contribution in [0.15, 0.2) is 36.4 Å². The Morgan fingerprint density at radius 1 is 0.970 bits per heavy atom. The van der Waals surface area contributed by atoms with E-state index in [0.29, 0.717) is 12.0 Å². The van der Waals surface area contributed by atoms with Crippen molar-refractivity contribution in [2.24, 2.45) is 0 Å². The van der Waals surface area contributed by atoms with Gasteiger partial charge in [0.2, 0.25) is 0 Å².